The molecule has 20 heavy (non-hydrogen) atoms. The van der Waals surface area contributed by atoms with E-state index in [1.165, 1.54) is 6.92 Å². The maximum Gasteiger partial charge on any atom is 0.161 e. The summed E-state index contributed by atoms with van der Waals surface area (Å²) in [5.74, 6) is 1.79. The standard InChI is InChI=1S/C16H20N2O2/c1-9-7-15(12(4)20-9)10(2)18-13-5-6-14(11(3)19)16(17)8-13/h5-8,10,18H,17H2,1-4H3. The Bertz CT molecular complexity index is 644. The normalized spacial score (nSPS) is 12.2. The molecule has 2 rings (SSSR count). The lowest BCUT2D eigenvalue weighted by atomic mass is 10.1. The molecule has 0 aliphatic carbocycles. The maximum absolute atomic E-state index is 11.4. The molecule has 0 radical (unpaired) electrons. The number of carbonyl (C=O) groups is 1. The molecule has 0 aliphatic heterocycles. The first-order valence-corrected chi connectivity index (χ1v) is 6.62. The SMILES string of the molecule is CC(=O)c1ccc(NC(C)c2cc(C)oc2C)cc1N. The second-order valence-corrected chi connectivity index (χ2v) is 5.09. The van der Waals surface area contributed by atoms with Crippen LogP contribution in [0.25, 0.3) is 0 Å². The summed E-state index contributed by atoms with van der Waals surface area (Å²) in [5, 5.41) is 3.37. The lowest BCUT2D eigenvalue weighted by Crippen LogP contribution is -2.08. The van der Waals surface area contributed by atoms with Crippen molar-refractivity contribution in [3.05, 3.63) is 46.9 Å². The number of benzene rings is 1. The van der Waals surface area contributed by atoms with Crippen LogP contribution in [-0.4, -0.2) is 5.78 Å². The number of ketones is 1. The zero-order chi connectivity index (χ0) is 14.9. The van der Waals surface area contributed by atoms with Gasteiger partial charge in [0, 0.05) is 22.5 Å². The van der Waals surface area contributed by atoms with E-state index in [0.717, 1.165) is 22.8 Å². The minimum atomic E-state index is -0.0246. The molecule has 106 valence electrons. The van der Waals surface area contributed by atoms with Gasteiger partial charge in [-0.1, -0.05) is 0 Å². The molecule has 1 aromatic carbocycles. The van der Waals surface area contributed by atoms with Crippen molar-refractivity contribution in [1.29, 1.82) is 0 Å². The highest BCUT2D eigenvalue weighted by Gasteiger charge is 2.13. The highest BCUT2D eigenvalue weighted by atomic mass is 16.3. The number of hydrogen-bond acceptors (Lipinski definition) is 4. The molecular weight excluding hydrogens is 252 g/mol. The van der Waals surface area contributed by atoms with Crippen LogP contribution in [0, 0.1) is 13.8 Å². The average Bonchev–Trinajstić information content (AvgIpc) is 2.68. The Balaban J connectivity index is 2.20. The van der Waals surface area contributed by atoms with Gasteiger partial charge in [-0.05, 0) is 52.0 Å². The zero-order valence-electron chi connectivity index (χ0n) is 12.3. The zero-order valence-corrected chi connectivity index (χ0v) is 12.3. The van der Waals surface area contributed by atoms with Crippen molar-refractivity contribution in [2.75, 3.05) is 11.1 Å². The van der Waals surface area contributed by atoms with E-state index in [0.29, 0.717) is 11.3 Å². The molecule has 3 N–H and O–H groups in total. The number of rotatable bonds is 4. The van der Waals surface area contributed by atoms with Crippen LogP contribution >= 0.6 is 0 Å². The van der Waals surface area contributed by atoms with Crippen molar-refractivity contribution >= 4 is 17.2 Å². The lowest BCUT2D eigenvalue weighted by molar-refractivity contribution is 0.101. The number of nitrogens with one attached hydrogen (secondary N) is 1. The minimum Gasteiger partial charge on any atom is -0.466 e. The molecule has 4 nitrogen and oxygen atoms in total. The number of hydrogen-bond donors (Lipinski definition) is 2. The van der Waals surface area contributed by atoms with Crippen LogP contribution in [0.3, 0.4) is 0 Å². The van der Waals surface area contributed by atoms with E-state index in [4.69, 9.17) is 10.2 Å². The molecule has 1 unspecified atom stereocenters. The Morgan fingerprint density at radius 2 is 2.00 bits per heavy atom. The Kier molecular flexibility index (Phi) is 3.84. The molecule has 1 atom stereocenters. The largest absolute Gasteiger partial charge is 0.466 e. The smallest absolute Gasteiger partial charge is 0.161 e. The van der Waals surface area contributed by atoms with Crippen LogP contribution in [0.1, 0.15) is 47.3 Å². The number of anilines is 2. The highest BCUT2D eigenvalue weighted by Crippen LogP contribution is 2.26. The molecule has 0 spiro atoms. The van der Waals surface area contributed by atoms with Gasteiger partial charge in [0.05, 0.1) is 6.04 Å². The molecule has 0 bridgehead atoms. The van der Waals surface area contributed by atoms with Gasteiger partial charge in [-0.25, -0.2) is 0 Å². The summed E-state index contributed by atoms with van der Waals surface area (Å²) in [4.78, 5) is 11.4. The van der Waals surface area contributed by atoms with Crippen molar-refractivity contribution in [3.63, 3.8) is 0 Å². The van der Waals surface area contributed by atoms with E-state index < -0.39 is 0 Å². The van der Waals surface area contributed by atoms with Gasteiger partial charge in [0.1, 0.15) is 11.5 Å². The van der Waals surface area contributed by atoms with E-state index in [2.05, 4.69) is 12.2 Å². The van der Waals surface area contributed by atoms with Crippen LogP contribution in [0.4, 0.5) is 11.4 Å². The van der Waals surface area contributed by atoms with Gasteiger partial charge in [-0.15, -0.1) is 0 Å². The summed E-state index contributed by atoms with van der Waals surface area (Å²) in [7, 11) is 0. The summed E-state index contributed by atoms with van der Waals surface area (Å²) in [6.07, 6.45) is 0. The van der Waals surface area contributed by atoms with E-state index >= 15 is 0 Å². The van der Waals surface area contributed by atoms with Crippen LogP contribution in [0.5, 0.6) is 0 Å². The molecule has 0 saturated heterocycles. The van der Waals surface area contributed by atoms with Gasteiger partial charge in [0.2, 0.25) is 0 Å². The fourth-order valence-corrected chi connectivity index (χ4v) is 2.38. The molecule has 0 aliphatic rings. The van der Waals surface area contributed by atoms with Gasteiger partial charge in [-0.2, -0.15) is 0 Å². The van der Waals surface area contributed by atoms with Gasteiger partial charge in [0.25, 0.3) is 0 Å². The van der Waals surface area contributed by atoms with Crippen LogP contribution in [-0.2, 0) is 0 Å². The number of nitrogens with two attached hydrogens (primary N) is 1. The summed E-state index contributed by atoms with van der Waals surface area (Å²) >= 11 is 0. The first-order chi connectivity index (χ1) is 9.38. The molecule has 0 amide bonds. The van der Waals surface area contributed by atoms with E-state index in [1.807, 2.05) is 26.0 Å². The Morgan fingerprint density at radius 1 is 1.30 bits per heavy atom. The molecule has 0 saturated carbocycles. The van der Waals surface area contributed by atoms with E-state index in [1.54, 1.807) is 12.1 Å². The summed E-state index contributed by atoms with van der Waals surface area (Å²) in [6, 6.07) is 7.54. The molecule has 0 fully saturated rings. The molecule has 1 heterocycles. The average molecular weight is 272 g/mol. The third-order valence-corrected chi connectivity index (χ3v) is 3.36. The van der Waals surface area contributed by atoms with Crippen molar-refractivity contribution < 1.29 is 9.21 Å². The van der Waals surface area contributed by atoms with E-state index in [9.17, 15) is 4.79 Å². The first-order valence-electron chi connectivity index (χ1n) is 6.62. The quantitative estimate of drug-likeness (QED) is 0.655. The second kappa shape index (κ2) is 5.41. The lowest BCUT2D eigenvalue weighted by Gasteiger charge is -2.15. The van der Waals surface area contributed by atoms with E-state index in [-0.39, 0.29) is 11.8 Å². The molecule has 1 aromatic heterocycles. The molecular formula is C16H20N2O2. The maximum atomic E-state index is 11.4. The highest BCUT2D eigenvalue weighted by molar-refractivity contribution is 5.99. The fraction of sp³-hybridized carbons (Fsp3) is 0.312. The van der Waals surface area contributed by atoms with Gasteiger partial charge in [-0.3, -0.25) is 4.79 Å². The van der Waals surface area contributed by atoms with Crippen LogP contribution in [0.2, 0.25) is 0 Å². The van der Waals surface area contributed by atoms with Crippen LogP contribution < -0.4 is 11.1 Å². The predicted molar refractivity (Wildman–Crippen MR) is 81.1 cm³/mol. The van der Waals surface area contributed by atoms with Crippen molar-refractivity contribution in [3.8, 4) is 0 Å². The van der Waals surface area contributed by atoms with Gasteiger partial charge < -0.3 is 15.5 Å². The molecule has 2 aromatic rings. The third kappa shape index (κ3) is 2.85. The number of carbonyl (C=O) groups excluding carboxylic acids is 1. The predicted octanol–water partition coefficient (Wildman–Crippen LogP) is 3.85. The molecule has 4 heteroatoms. The Hall–Kier alpha value is -2.23. The number of Topliss-reactive ketones (excluding diaryl/α,β-unsaturated/α-hetero) is 1. The monoisotopic (exact) mass is 272 g/mol. The summed E-state index contributed by atoms with van der Waals surface area (Å²) in [6.45, 7) is 7.46. The van der Waals surface area contributed by atoms with Crippen molar-refractivity contribution in [2.45, 2.75) is 33.7 Å². The second-order valence-electron chi connectivity index (χ2n) is 5.09. The number of aryl methyl sites for hydroxylation is 2. The first kappa shape index (κ1) is 14.2. The topological polar surface area (TPSA) is 68.3 Å². The fourth-order valence-electron chi connectivity index (χ4n) is 2.38. The Morgan fingerprint density at radius 3 is 2.50 bits per heavy atom. The third-order valence-electron chi connectivity index (χ3n) is 3.36. The van der Waals surface area contributed by atoms with Gasteiger partial charge in [0.15, 0.2) is 5.78 Å². The summed E-state index contributed by atoms with van der Waals surface area (Å²) < 4.78 is 5.54. The van der Waals surface area contributed by atoms with Crippen LogP contribution in [0.15, 0.2) is 28.7 Å². The van der Waals surface area contributed by atoms with Crippen molar-refractivity contribution in [1.82, 2.24) is 0 Å². The number of nitrogen functional groups attached to an aromatic ring is 1. The van der Waals surface area contributed by atoms with Gasteiger partial charge >= 0.3 is 0 Å². The summed E-state index contributed by atoms with van der Waals surface area (Å²) in [5.41, 5.74) is 8.95. The minimum absolute atomic E-state index is 0.0246. The Labute approximate surface area is 119 Å². The number of furan rings is 1. The van der Waals surface area contributed by atoms with Crippen molar-refractivity contribution in [2.24, 2.45) is 0 Å².